The first kappa shape index (κ1) is 7.79. The van der Waals surface area contributed by atoms with Gasteiger partial charge in [0.2, 0.25) is 0 Å². The minimum Gasteiger partial charge on any atom is -0.362 e. The molecular weight excluding hydrogens is 136 g/mol. The van der Waals surface area contributed by atoms with E-state index in [0.29, 0.717) is 0 Å². The Kier molecular flexibility index (Phi) is 2.66. The molecule has 2 nitrogen and oxygen atoms in total. The van der Waals surface area contributed by atoms with E-state index in [1.54, 1.807) is 0 Å². The van der Waals surface area contributed by atoms with Crippen molar-refractivity contribution in [2.24, 2.45) is 0 Å². The minimum atomic E-state index is 0.810. The Labute approximate surface area is 67.0 Å². The van der Waals surface area contributed by atoms with Crippen LogP contribution in [0, 0.1) is 5.41 Å². The number of hydrogen-bond donors (Lipinski definition) is 1. The van der Waals surface area contributed by atoms with Crippen LogP contribution in [-0.4, -0.2) is 18.3 Å². The largest absolute Gasteiger partial charge is 0.362 e. The van der Waals surface area contributed by atoms with Gasteiger partial charge in [-0.2, -0.15) is 0 Å². The van der Waals surface area contributed by atoms with Crippen molar-refractivity contribution in [3.63, 3.8) is 0 Å². The normalized spacial score (nSPS) is 9.18. The Morgan fingerprint density at radius 1 is 1.36 bits per heavy atom. The van der Waals surface area contributed by atoms with E-state index in [-0.39, 0.29) is 0 Å². The quantitative estimate of drug-likeness (QED) is 0.513. The van der Waals surface area contributed by atoms with Crippen molar-refractivity contribution in [2.75, 3.05) is 7.05 Å². The first-order valence-corrected chi connectivity index (χ1v) is 3.57. The van der Waals surface area contributed by atoms with E-state index in [9.17, 15) is 0 Å². The average molecular weight is 148 g/mol. The first-order chi connectivity index (χ1) is 5.33. The van der Waals surface area contributed by atoms with Crippen molar-refractivity contribution >= 4 is 6.34 Å². The molecule has 0 unspecified atom stereocenters. The molecule has 0 aliphatic heterocycles. The summed E-state index contributed by atoms with van der Waals surface area (Å²) < 4.78 is 0. The van der Waals surface area contributed by atoms with Crippen LogP contribution in [0.5, 0.6) is 0 Å². The van der Waals surface area contributed by atoms with Crippen LogP contribution in [0.15, 0.2) is 30.3 Å². The molecule has 0 saturated carbocycles. The third kappa shape index (κ3) is 2.42. The van der Waals surface area contributed by atoms with Crippen LogP contribution in [0.25, 0.3) is 0 Å². The second-order valence-corrected chi connectivity index (χ2v) is 2.53. The first-order valence-electron chi connectivity index (χ1n) is 3.57. The molecule has 11 heavy (non-hydrogen) atoms. The predicted octanol–water partition coefficient (Wildman–Crippen LogP) is 1.73. The Hall–Kier alpha value is -1.31. The van der Waals surface area contributed by atoms with Gasteiger partial charge >= 0.3 is 0 Å². The second kappa shape index (κ2) is 3.76. The maximum absolute atomic E-state index is 6.96. The predicted molar refractivity (Wildman–Crippen MR) is 46.7 cm³/mol. The standard InChI is InChI=1S/C9H12N2/c1-11(8-10)7-9-5-3-2-4-6-9/h2-6,8,10H,7H2,1H3. The maximum atomic E-state index is 6.96. The van der Waals surface area contributed by atoms with Gasteiger partial charge in [-0.15, -0.1) is 0 Å². The van der Waals surface area contributed by atoms with Gasteiger partial charge in [0.25, 0.3) is 0 Å². The van der Waals surface area contributed by atoms with E-state index >= 15 is 0 Å². The summed E-state index contributed by atoms with van der Waals surface area (Å²) in [6, 6.07) is 10.1. The molecule has 0 saturated heterocycles. The molecule has 0 aliphatic carbocycles. The summed E-state index contributed by atoms with van der Waals surface area (Å²) in [6.07, 6.45) is 1.33. The monoisotopic (exact) mass is 148 g/mol. The van der Waals surface area contributed by atoms with Crippen LogP contribution in [0.2, 0.25) is 0 Å². The van der Waals surface area contributed by atoms with Crippen LogP contribution >= 0.6 is 0 Å². The zero-order valence-corrected chi connectivity index (χ0v) is 6.62. The van der Waals surface area contributed by atoms with E-state index in [4.69, 9.17) is 5.41 Å². The van der Waals surface area contributed by atoms with Gasteiger partial charge < -0.3 is 4.90 Å². The molecule has 1 rings (SSSR count). The van der Waals surface area contributed by atoms with Gasteiger partial charge in [-0.05, 0) is 5.56 Å². The number of nitrogens with one attached hydrogen (secondary N) is 1. The SMILES string of the molecule is CN(C=N)Cc1ccccc1. The van der Waals surface area contributed by atoms with Crippen molar-refractivity contribution in [3.8, 4) is 0 Å². The highest BCUT2D eigenvalue weighted by atomic mass is 15.1. The molecule has 0 spiro atoms. The minimum absolute atomic E-state index is 0.810. The summed E-state index contributed by atoms with van der Waals surface area (Å²) in [6.45, 7) is 0.810. The molecule has 0 aromatic heterocycles. The Morgan fingerprint density at radius 2 is 2.00 bits per heavy atom. The molecule has 0 bridgehead atoms. The summed E-state index contributed by atoms with van der Waals surface area (Å²) in [5.74, 6) is 0. The molecule has 1 aromatic rings. The molecule has 58 valence electrons. The molecule has 0 heterocycles. The van der Waals surface area contributed by atoms with Crippen molar-refractivity contribution < 1.29 is 0 Å². The van der Waals surface area contributed by atoms with Gasteiger partial charge in [-0.3, -0.25) is 5.41 Å². The van der Waals surface area contributed by atoms with Gasteiger partial charge in [0.05, 0.1) is 6.34 Å². The molecule has 1 aromatic carbocycles. The number of nitrogens with zero attached hydrogens (tertiary/aromatic N) is 1. The fourth-order valence-electron chi connectivity index (χ4n) is 0.917. The van der Waals surface area contributed by atoms with E-state index in [1.165, 1.54) is 11.9 Å². The third-order valence-corrected chi connectivity index (χ3v) is 1.50. The lowest BCUT2D eigenvalue weighted by atomic mass is 10.2. The fraction of sp³-hybridized carbons (Fsp3) is 0.222. The Bertz CT molecular complexity index is 218. The third-order valence-electron chi connectivity index (χ3n) is 1.50. The van der Waals surface area contributed by atoms with Crippen LogP contribution in [-0.2, 0) is 6.54 Å². The molecule has 2 heteroatoms. The molecular formula is C9H12N2. The smallest absolute Gasteiger partial charge is 0.0817 e. The van der Waals surface area contributed by atoms with Crippen molar-refractivity contribution in [3.05, 3.63) is 35.9 Å². The lowest BCUT2D eigenvalue weighted by Crippen LogP contribution is -2.14. The van der Waals surface area contributed by atoms with Gasteiger partial charge in [0.1, 0.15) is 0 Å². The summed E-state index contributed by atoms with van der Waals surface area (Å²) in [4.78, 5) is 1.83. The number of rotatable bonds is 3. The average Bonchev–Trinajstić information content (AvgIpc) is 2.06. The maximum Gasteiger partial charge on any atom is 0.0817 e. The zero-order valence-electron chi connectivity index (χ0n) is 6.62. The topological polar surface area (TPSA) is 27.1 Å². The Morgan fingerprint density at radius 3 is 2.55 bits per heavy atom. The van der Waals surface area contributed by atoms with Crippen LogP contribution in [0.4, 0.5) is 0 Å². The van der Waals surface area contributed by atoms with E-state index in [0.717, 1.165) is 6.54 Å². The molecule has 0 radical (unpaired) electrons. The highest BCUT2D eigenvalue weighted by Crippen LogP contribution is 2.00. The lowest BCUT2D eigenvalue weighted by molar-refractivity contribution is 0.513. The van der Waals surface area contributed by atoms with Crippen LogP contribution < -0.4 is 0 Å². The second-order valence-electron chi connectivity index (χ2n) is 2.53. The zero-order chi connectivity index (χ0) is 8.10. The van der Waals surface area contributed by atoms with Crippen LogP contribution in [0.1, 0.15) is 5.56 Å². The van der Waals surface area contributed by atoms with Crippen molar-refractivity contribution in [1.29, 1.82) is 5.41 Å². The van der Waals surface area contributed by atoms with E-state index < -0.39 is 0 Å². The molecule has 0 amide bonds. The number of hydrogen-bond acceptors (Lipinski definition) is 1. The van der Waals surface area contributed by atoms with Crippen molar-refractivity contribution in [2.45, 2.75) is 6.54 Å². The summed E-state index contributed by atoms with van der Waals surface area (Å²) in [5.41, 5.74) is 1.23. The molecule has 1 N–H and O–H groups in total. The van der Waals surface area contributed by atoms with Crippen molar-refractivity contribution in [1.82, 2.24) is 4.90 Å². The molecule has 0 fully saturated rings. The van der Waals surface area contributed by atoms with Gasteiger partial charge in [0, 0.05) is 13.6 Å². The van der Waals surface area contributed by atoms with Gasteiger partial charge in [0.15, 0.2) is 0 Å². The van der Waals surface area contributed by atoms with Crippen LogP contribution in [0.3, 0.4) is 0 Å². The van der Waals surface area contributed by atoms with E-state index in [2.05, 4.69) is 12.1 Å². The molecule has 0 aliphatic rings. The summed E-state index contributed by atoms with van der Waals surface area (Å²) in [5, 5.41) is 6.96. The van der Waals surface area contributed by atoms with Gasteiger partial charge in [-0.25, -0.2) is 0 Å². The fourth-order valence-corrected chi connectivity index (χ4v) is 0.917. The number of benzene rings is 1. The Balaban J connectivity index is 2.57. The highest BCUT2D eigenvalue weighted by molar-refractivity contribution is 5.50. The van der Waals surface area contributed by atoms with E-state index in [1.807, 2.05) is 30.1 Å². The summed E-state index contributed by atoms with van der Waals surface area (Å²) in [7, 11) is 1.89. The van der Waals surface area contributed by atoms with Gasteiger partial charge in [-0.1, -0.05) is 30.3 Å². The summed E-state index contributed by atoms with van der Waals surface area (Å²) >= 11 is 0. The highest BCUT2D eigenvalue weighted by Gasteiger charge is 1.92. The lowest BCUT2D eigenvalue weighted by Gasteiger charge is -2.11. The molecule has 0 atom stereocenters.